The van der Waals surface area contributed by atoms with E-state index < -0.39 is 0 Å². The molecule has 2 N–H and O–H groups in total. The molecule has 96 valence electrons. The zero-order valence-corrected chi connectivity index (χ0v) is 12.1. The molecule has 0 saturated carbocycles. The van der Waals surface area contributed by atoms with Crippen LogP contribution in [0.3, 0.4) is 0 Å². The van der Waals surface area contributed by atoms with Crippen molar-refractivity contribution in [2.24, 2.45) is 5.73 Å². The first-order valence-electron chi connectivity index (χ1n) is 5.61. The average Bonchev–Trinajstić information content (AvgIpc) is 2.30. The molecular weight excluding hydrogens is 285 g/mol. The van der Waals surface area contributed by atoms with Crippen LogP contribution in [0.25, 0.3) is 0 Å². The van der Waals surface area contributed by atoms with Crippen LogP contribution in [0.4, 0.5) is 4.39 Å². The number of hydrogen-bond donors (Lipinski definition) is 1. The maximum Gasteiger partial charge on any atom is 0.137 e. The molecule has 1 rings (SSSR count). The molecule has 2 nitrogen and oxygen atoms in total. The van der Waals surface area contributed by atoms with Gasteiger partial charge in [0.05, 0.1) is 10.1 Å². The van der Waals surface area contributed by atoms with Gasteiger partial charge in [0.15, 0.2) is 0 Å². The largest absolute Gasteiger partial charge is 0.379 e. The van der Waals surface area contributed by atoms with Crippen LogP contribution in [0.2, 0.25) is 0 Å². The normalized spacial score (nSPS) is 13.8. The van der Waals surface area contributed by atoms with Gasteiger partial charge in [-0.25, -0.2) is 4.39 Å². The molecule has 4 heteroatoms. The summed E-state index contributed by atoms with van der Waals surface area (Å²) in [5.74, 6) is -0.266. The molecule has 0 fully saturated rings. The van der Waals surface area contributed by atoms with Crippen molar-refractivity contribution in [3.05, 3.63) is 34.1 Å². The van der Waals surface area contributed by atoms with Crippen molar-refractivity contribution in [2.75, 3.05) is 7.11 Å². The highest BCUT2D eigenvalue weighted by molar-refractivity contribution is 9.10. The second kappa shape index (κ2) is 5.94. The van der Waals surface area contributed by atoms with Gasteiger partial charge in [0, 0.05) is 13.2 Å². The molecular formula is C13H19BrFNO. The molecule has 0 aliphatic rings. The number of hydrogen-bond acceptors (Lipinski definition) is 2. The topological polar surface area (TPSA) is 35.2 Å². The predicted octanol–water partition coefficient (Wildman–Crippen LogP) is 3.79. The molecule has 0 radical (unpaired) electrons. The lowest BCUT2D eigenvalue weighted by molar-refractivity contribution is 0.0125. The zero-order valence-electron chi connectivity index (χ0n) is 10.5. The standard InChI is InChI=1S/C13H19BrFNO/c1-13(2,17-3)7-6-12(16)9-4-5-11(15)10(14)8-9/h4-5,8,12H,6-7,16H2,1-3H3. The summed E-state index contributed by atoms with van der Waals surface area (Å²) in [4.78, 5) is 0. The molecule has 0 aromatic heterocycles. The highest BCUT2D eigenvalue weighted by Crippen LogP contribution is 2.25. The Hall–Kier alpha value is -0.450. The first kappa shape index (κ1) is 14.6. The number of methoxy groups -OCH3 is 1. The molecule has 0 amide bonds. The highest BCUT2D eigenvalue weighted by Gasteiger charge is 2.18. The van der Waals surface area contributed by atoms with Crippen molar-refractivity contribution >= 4 is 15.9 Å². The van der Waals surface area contributed by atoms with Crippen molar-refractivity contribution in [1.82, 2.24) is 0 Å². The Bertz CT molecular complexity index is 382. The molecule has 1 unspecified atom stereocenters. The van der Waals surface area contributed by atoms with Gasteiger partial charge in [-0.1, -0.05) is 6.07 Å². The van der Waals surface area contributed by atoms with E-state index in [4.69, 9.17) is 10.5 Å². The van der Waals surface area contributed by atoms with Crippen LogP contribution in [0.5, 0.6) is 0 Å². The van der Waals surface area contributed by atoms with Gasteiger partial charge in [0.2, 0.25) is 0 Å². The van der Waals surface area contributed by atoms with E-state index in [2.05, 4.69) is 15.9 Å². The van der Waals surface area contributed by atoms with Crippen molar-refractivity contribution < 1.29 is 9.13 Å². The van der Waals surface area contributed by atoms with E-state index in [9.17, 15) is 4.39 Å². The van der Waals surface area contributed by atoms with E-state index in [1.165, 1.54) is 6.07 Å². The summed E-state index contributed by atoms with van der Waals surface area (Å²) in [7, 11) is 1.69. The summed E-state index contributed by atoms with van der Waals surface area (Å²) < 4.78 is 18.9. The number of ether oxygens (including phenoxy) is 1. The summed E-state index contributed by atoms with van der Waals surface area (Å²) in [5, 5.41) is 0. The first-order valence-corrected chi connectivity index (χ1v) is 6.41. The third-order valence-electron chi connectivity index (χ3n) is 2.98. The SMILES string of the molecule is COC(C)(C)CCC(N)c1ccc(F)c(Br)c1. The minimum absolute atomic E-state index is 0.0960. The van der Waals surface area contributed by atoms with Gasteiger partial charge in [-0.2, -0.15) is 0 Å². The molecule has 0 aliphatic carbocycles. The quantitative estimate of drug-likeness (QED) is 0.898. The summed E-state index contributed by atoms with van der Waals surface area (Å²) in [6.45, 7) is 4.06. The first-order chi connectivity index (χ1) is 7.85. The molecule has 0 spiro atoms. The third-order valence-corrected chi connectivity index (χ3v) is 3.59. The second-order valence-electron chi connectivity index (χ2n) is 4.78. The van der Waals surface area contributed by atoms with E-state index >= 15 is 0 Å². The fourth-order valence-corrected chi connectivity index (χ4v) is 1.91. The van der Waals surface area contributed by atoms with Crippen molar-refractivity contribution in [3.63, 3.8) is 0 Å². The van der Waals surface area contributed by atoms with Crippen LogP contribution in [0, 0.1) is 5.82 Å². The van der Waals surface area contributed by atoms with Crippen LogP contribution in [0.1, 0.15) is 38.3 Å². The van der Waals surface area contributed by atoms with E-state index in [0.29, 0.717) is 4.47 Å². The molecule has 1 aromatic rings. The minimum Gasteiger partial charge on any atom is -0.379 e. The lowest BCUT2D eigenvalue weighted by atomic mass is 9.95. The Morgan fingerprint density at radius 2 is 2.12 bits per heavy atom. The molecule has 1 aromatic carbocycles. The summed E-state index contributed by atoms with van der Waals surface area (Å²) >= 11 is 3.16. The van der Waals surface area contributed by atoms with Gasteiger partial charge in [0.1, 0.15) is 5.82 Å². The van der Waals surface area contributed by atoms with E-state index in [1.54, 1.807) is 19.2 Å². The molecule has 0 saturated heterocycles. The van der Waals surface area contributed by atoms with Crippen LogP contribution < -0.4 is 5.73 Å². The lowest BCUT2D eigenvalue weighted by Crippen LogP contribution is -2.24. The monoisotopic (exact) mass is 303 g/mol. The summed E-state index contributed by atoms with van der Waals surface area (Å²) in [5.41, 5.74) is 6.84. The third kappa shape index (κ3) is 4.37. The Balaban J connectivity index is 2.64. The Labute approximate surface area is 110 Å². The Kier molecular flexibility index (Phi) is 5.10. The highest BCUT2D eigenvalue weighted by atomic mass is 79.9. The van der Waals surface area contributed by atoms with Gasteiger partial charge in [-0.15, -0.1) is 0 Å². The van der Waals surface area contributed by atoms with Gasteiger partial charge < -0.3 is 10.5 Å². The van der Waals surface area contributed by atoms with Gasteiger partial charge >= 0.3 is 0 Å². The second-order valence-corrected chi connectivity index (χ2v) is 5.64. The maximum atomic E-state index is 13.1. The lowest BCUT2D eigenvalue weighted by Gasteiger charge is -2.24. The van der Waals surface area contributed by atoms with Crippen LogP contribution in [-0.2, 0) is 4.74 Å². The van der Waals surface area contributed by atoms with Crippen LogP contribution in [-0.4, -0.2) is 12.7 Å². The smallest absolute Gasteiger partial charge is 0.137 e. The van der Waals surface area contributed by atoms with Crippen molar-refractivity contribution in [3.8, 4) is 0 Å². The fourth-order valence-electron chi connectivity index (χ4n) is 1.51. The van der Waals surface area contributed by atoms with Gasteiger partial charge in [-0.05, 0) is 60.3 Å². The van der Waals surface area contributed by atoms with Crippen molar-refractivity contribution in [1.29, 1.82) is 0 Å². The molecule has 0 bridgehead atoms. The molecule has 17 heavy (non-hydrogen) atoms. The number of rotatable bonds is 5. The fraction of sp³-hybridized carbons (Fsp3) is 0.538. The van der Waals surface area contributed by atoms with Gasteiger partial charge in [0.25, 0.3) is 0 Å². The number of halogens is 2. The van der Waals surface area contributed by atoms with E-state index in [-0.39, 0.29) is 17.5 Å². The predicted molar refractivity (Wildman–Crippen MR) is 71.4 cm³/mol. The zero-order chi connectivity index (χ0) is 13.1. The molecule has 0 aliphatic heterocycles. The Morgan fingerprint density at radius 3 is 2.65 bits per heavy atom. The maximum absolute atomic E-state index is 13.1. The minimum atomic E-state index is -0.266. The Morgan fingerprint density at radius 1 is 1.47 bits per heavy atom. The average molecular weight is 304 g/mol. The molecule has 0 heterocycles. The number of benzene rings is 1. The number of nitrogens with two attached hydrogens (primary N) is 1. The van der Waals surface area contributed by atoms with Crippen molar-refractivity contribution in [2.45, 2.75) is 38.3 Å². The van der Waals surface area contributed by atoms with Crippen LogP contribution in [0.15, 0.2) is 22.7 Å². The van der Waals surface area contributed by atoms with Crippen LogP contribution >= 0.6 is 15.9 Å². The van der Waals surface area contributed by atoms with E-state index in [0.717, 1.165) is 18.4 Å². The summed E-state index contributed by atoms with van der Waals surface area (Å²) in [6, 6.07) is 4.80. The van der Waals surface area contributed by atoms with E-state index in [1.807, 2.05) is 13.8 Å². The molecule has 1 atom stereocenters. The summed E-state index contributed by atoms with van der Waals surface area (Å²) in [6.07, 6.45) is 1.67. The van der Waals surface area contributed by atoms with Gasteiger partial charge in [-0.3, -0.25) is 0 Å².